The normalized spacial score (nSPS) is 56.2. The first-order valence-electron chi connectivity index (χ1n) is 9.33. The van der Waals surface area contributed by atoms with Crippen LogP contribution in [0.4, 0.5) is 0 Å². The summed E-state index contributed by atoms with van der Waals surface area (Å²) in [5, 5.41) is 10.5. The maximum absolute atomic E-state index is 10.5. The van der Waals surface area contributed by atoms with Crippen LogP contribution in [0.2, 0.25) is 0 Å². The summed E-state index contributed by atoms with van der Waals surface area (Å²) in [6.45, 7) is 7.42. The fourth-order valence-electron chi connectivity index (χ4n) is 7.03. The number of rotatable bonds is 0. The van der Waals surface area contributed by atoms with E-state index in [-0.39, 0.29) is 11.5 Å². The van der Waals surface area contributed by atoms with Gasteiger partial charge in [0.05, 0.1) is 6.10 Å². The van der Waals surface area contributed by atoms with Gasteiger partial charge in [-0.25, -0.2) is 0 Å². The van der Waals surface area contributed by atoms with E-state index in [0.717, 1.165) is 30.1 Å². The molecule has 0 saturated heterocycles. The zero-order valence-electron chi connectivity index (χ0n) is 14.1. The van der Waals surface area contributed by atoms with Crippen LogP contribution in [0.1, 0.15) is 72.1 Å². The topological polar surface area (TPSA) is 20.2 Å². The predicted octanol–water partition coefficient (Wildman–Crippen LogP) is 4.95. The monoisotopic (exact) mass is 288 g/mol. The molecule has 3 saturated carbocycles. The highest BCUT2D eigenvalue weighted by Crippen LogP contribution is 2.65. The van der Waals surface area contributed by atoms with Crippen molar-refractivity contribution in [3.63, 3.8) is 0 Å². The summed E-state index contributed by atoms with van der Waals surface area (Å²) in [6.07, 6.45) is 13.0. The maximum Gasteiger partial charge on any atom is 0.0596 e. The minimum Gasteiger partial charge on any atom is -0.393 e. The van der Waals surface area contributed by atoms with E-state index in [1.807, 2.05) is 0 Å². The first kappa shape index (κ1) is 14.3. The van der Waals surface area contributed by atoms with Crippen LogP contribution in [0.25, 0.3) is 0 Å². The zero-order chi connectivity index (χ0) is 14.8. The Kier molecular flexibility index (Phi) is 3.13. The van der Waals surface area contributed by atoms with E-state index in [1.54, 1.807) is 5.57 Å². The maximum atomic E-state index is 10.5. The van der Waals surface area contributed by atoms with Crippen LogP contribution in [-0.4, -0.2) is 11.2 Å². The Hall–Kier alpha value is -0.300. The molecule has 118 valence electrons. The molecular weight excluding hydrogens is 256 g/mol. The van der Waals surface area contributed by atoms with Gasteiger partial charge in [0.2, 0.25) is 0 Å². The van der Waals surface area contributed by atoms with Gasteiger partial charge < -0.3 is 5.11 Å². The molecule has 0 aliphatic heterocycles. The summed E-state index contributed by atoms with van der Waals surface area (Å²) in [5.41, 5.74) is 2.50. The first-order chi connectivity index (χ1) is 9.95. The molecule has 0 aromatic rings. The molecule has 4 aliphatic carbocycles. The van der Waals surface area contributed by atoms with Crippen LogP contribution in [-0.2, 0) is 0 Å². The Bertz CT molecular complexity index is 466. The van der Waals surface area contributed by atoms with Crippen molar-refractivity contribution in [1.82, 2.24) is 0 Å². The number of allylic oxidation sites excluding steroid dienone is 2. The number of hydrogen-bond donors (Lipinski definition) is 1. The Morgan fingerprint density at radius 3 is 2.71 bits per heavy atom. The van der Waals surface area contributed by atoms with Gasteiger partial charge in [-0.05, 0) is 85.9 Å². The van der Waals surface area contributed by atoms with Crippen molar-refractivity contribution >= 4 is 0 Å². The summed E-state index contributed by atoms with van der Waals surface area (Å²) < 4.78 is 0. The highest BCUT2D eigenvalue weighted by molar-refractivity contribution is 5.24. The van der Waals surface area contributed by atoms with Crippen LogP contribution >= 0.6 is 0 Å². The molecule has 21 heavy (non-hydrogen) atoms. The second-order valence-electron chi connectivity index (χ2n) is 9.24. The van der Waals surface area contributed by atoms with Gasteiger partial charge in [-0.15, -0.1) is 0 Å². The number of aliphatic hydroxyl groups is 1. The Labute approximate surface area is 130 Å². The molecule has 1 nitrogen and oxygen atoms in total. The van der Waals surface area contributed by atoms with Crippen molar-refractivity contribution < 1.29 is 5.11 Å². The Balaban J connectivity index is 1.69. The molecule has 0 radical (unpaired) electrons. The fourth-order valence-corrected chi connectivity index (χ4v) is 7.03. The molecule has 0 spiro atoms. The van der Waals surface area contributed by atoms with E-state index in [1.165, 1.54) is 44.9 Å². The standard InChI is InChI=1S/C20H32O/c1-13-4-5-14-6-7-15-16-8-9-18(21)19(16,2)11-10-17(15)20(14,3)12-13/h6,13,15-18,21H,4-5,7-12H2,1-3H3/t13?,15-,16-,17+,18?,19-,20-/m0/s1. The summed E-state index contributed by atoms with van der Waals surface area (Å²) in [6, 6.07) is 0. The van der Waals surface area contributed by atoms with Gasteiger partial charge >= 0.3 is 0 Å². The van der Waals surface area contributed by atoms with Crippen LogP contribution in [0, 0.1) is 34.5 Å². The van der Waals surface area contributed by atoms with Crippen LogP contribution in [0.3, 0.4) is 0 Å². The smallest absolute Gasteiger partial charge is 0.0596 e. The van der Waals surface area contributed by atoms with E-state index in [0.29, 0.717) is 5.41 Å². The van der Waals surface area contributed by atoms with Gasteiger partial charge in [-0.1, -0.05) is 32.4 Å². The third-order valence-electron chi connectivity index (χ3n) is 8.25. The number of aliphatic hydroxyl groups excluding tert-OH is 1. The van der Waals surface area contributed by atoms with E-state index in [9.17, 15) is 5.11 Å². The van der Waals surface area contributed by atoms with Crippen LogP contribution < -0.4 is 0 Å². The van der Waals surface area contributed by atoms with Crippen molar-refractivity contribution in [3.05, 3.63) is 11.6 Å². The molecule has 2 unspecified atom stereocenters. The molecule has 0 amide bonds. The average Bonchev–Trinajstić information content (AvgIpc) is 2.74. The molecule has 0 bridgehead atoms. The van der Waals surface area contributed by atoms with Gasteiger partial charge in [-0.2, -0.15) is 0 Å². The van der Waals surface area contributed by atoms with Gasteiger partial charge in [0.15, 0.2) is 0 Å². The van der Waals surface area contributed by atoms with Crippen LogP contribution in [0.15, 0.2) is 11.6 Å². The zero-order valence-corrected chi connectivity index (χ0v) is 14.1. The van der Waals surface area contributed by atoms with Gasteiger partial charge in [0.25, 0.3) is 0 Å². The lowest BCUT2D eigenvalue weighted by molar-refractivity contribution is -0.0693. The molecular formula is C20H32O. The molecule has 4 aliphatic rings. The molecule has 3 fully saturated rings. The Morgan fingerprint density at radius 1 is 1.10 bits per heavy atom. The molecule has 0 aromatic carbocycles. The van der Waals surface area contributed by atoms with Crippen molar-refractivity contribution in [2.45, 2.75) is 78.2 Å². The quantitative estimate of drug-likeness (QED) is 0.626. The largest absolute Gasteiger partial charge is 0.393 e. The second-order valence-corrected chi connectivity index (χ2v) is 9.24. The molecule has 0 heterocycles. The lowest BCUT2D eigenvalue weighted by Crippen LogP contribution is -2.50. The van der Waals surface area contributed by atoms with Gasteiger partial charge in [0.1, 0.15) is 0 Å². The first-order valence-corrected chi connectivity index (χ1v) is 9.33. The summed E-state index contributed by atoms with van der Waals surface area (Å²) in [5.74, 6) is 3.41. The van der Waals surface area contributed by atoms with Crippen molar-refractivity contribution in [1.29, 1.82) is 0 Å². The van der Waals surface area contributed by atoms with E-state index in [2.05, 4.69) is 26.8 Å². The van der Waals surface area contributed by atoms with Gasteiger partial charge in [0, 0.05) is 0 Å². The second kappa shape index (κ2) is 4.60. The minimum absolute atomic E-state index is 0.0353. The van der Waals surface area contributed by atoms with Gasteiger partial charge in [-0.3, -0.25) is 0 Å². The third-order valence-corrected chi connectivity index (χ3v) is 8.25. The van der Waals surface area contributed by atoms with Crippen LogP contribution in [0.5, 0.6) is 0 Å². The highest BCUT2D eigenvalue weighted by Gasteiger charge is 2.58. The number of hydrogen-bond acceptors (Lipinski definition) is 1. The SMILES string of the molecule is CC1CCC2=CC[C@@H]3[C@@H](CC[C@]4(C)C(O)CC[C@@H]34)[C@@]2(C)C1. The molecule has 1 N–H and O–H groups in total. The average molecular weight is 288 g/mol. The molecule has 1 heteroatoms. The van der Waals surface area contributed by atoms with Crippen molar-refractivity contribution in [2.75, 3.05) is 0 Å². The third kappa shape index (κ3) is 1.85. The van der Waals surface area contributed by atoms with E-state index < -0.39 is 0 Å². The predicted molar refractivity (Wildman–Crippen MR) is 86.9 cm³/mol. The van der Waals surface area contributed by atoms with E-state index in [4.69, 9.17) is 0 Å². The highest BCUT2D eigenvalue weighted by atomic mass is 16.3. The lowest BCUT2D eigenvalue weighted by atomic mass is 9.47. The minimum atomic E-state index is -0.0353. The van der Waals surface area contributed by atoms with Crippen molar-refractivity contribution in [2.24, 2.45) is 34.5 Å². The molecule has 4 rings (SSSR count). The summed E-state index contributed by atoms with van der Waals surface area (Å²) in [4.78, 5) is 0. The summed E-state index contributed by atoms with van der Waals surface area (Å²) >= 11 is 0. The summed E-state index contributed by atoms with van der Waals surface area (Å²) in [7, 11) is 0. The number of fused-ring (bicyclic) bond motifs is 5. The molecule has 7 atom stereocenters. The lowest BCUT2D eigenvalue weighted by Gasteiger charge is -2.58. The van der Waals surface area contributed by atoms with Crippen molar-refractivity contribution in [3.8, 4) is 0 Å². The fraction of sp³-hybridized carbons (Fsp3) is 0.900. The Morgan fingerprint density at radius 2 is 1.90 bits per heavy atom. The van der Waals surface area contributed by atoms with E-state index >= 15 is 0 Å². The molecule has 0 aromatic heterocycles.